The number of rotatable bonds is 11. The molecule has 46 heavy (non-hydrogen) atoms. The van der Waals surface area contributed by atoms with E-state index in [1.165, 1.54) is 30.2 Å². The summed E-state index contributed by atoms with van der Waals surface area (Å²) in [6.45, 7) is 1.81. The molecule has 1 unspecified atom stereocenters. The van der Waals surface area contributed by atoms with E-state index in [-0.39, 0.29) is 11.6 Å². The number of para-hydroxylation sites is 1. The van der Waals surface area contributed by atoms with Crippen LogP contribution in [0.25, 0.3) is 17.3 Å². The summed E-state index contributed by atoms with van der Waals surface area (Å²) >= 11 is 8.70. The van der Waals surface area contributed by atoms with Crippen LogP contribution in [0, 0.1) is 0 Å². The van der Waals surface area contributed by atoms with Gasteiger partial charge in [-0.05, 0) is 67.6 Å². The summed E-state index contributed by atoms with van der Waals surface area (Å²) < 4.78 is 5.42. The Morgan fingerprint density at radius 1 is 0.891 bits per heavy atom. The first kappa shape index (κ1) is 32.5. The molecule has 0 radical (unpaired) electrons. The number of carbonyl (C=O) groups excluding carboxylic acids is 3. The summed E-state index contributed by atoms with van der Waals surface area (Å²) in [7, 11) is 1.54. The second-order valence-corrected chi connectivity index (χ2v) is 12.6. The van der Waals surface area contributed by atoms with E-state index in [0.717, 1.165) is 16.2 Å². The van der Waals surface area contributed by atoms with Gasteiger partial charge in [-0.25, -0.2) is 4.98 Å². The molecule has 11 heteroatoms. The molecule has 0 spiro atoms. The van der Waals surface area contributed by atoms with E-state index in [9.17, 15) is 14.4 Å². The van der Waals surface area contributed by atoms with Gasteiger partial charge in [0.2, 0.25) is 5.91 Å². The van der Waals surface area contributed by atoms with Crippen molar-refractivity contribution in [2.75, 3.05) is 17.7 Å². The van der Waals surface area contributed by atoms with Gasteiger partial charge in [0.05, 0.1) is 18.1 Å². The maximum absolute atomic E-state index is 13.4. The molecule has 0 aliphatic rings. The number of nitrogens with zero attached hydrogens (tertiary/aromatic N) is 1. The number of carbonyl (C=O) groups is 3. The molecule has 0 saturated heterocycles. The number of benzene rings is 4. The first-order valence-electron chi connectivity index (χ1n) is 14.1. The molecule has 4 aromatic carbocycles. The van der Waals surface area contributed by atoms with Crippen molar-refractivity contribution >= 4 is 69.3 Å². The Kier molecular flexibility index (Phi) is 10.9. The van der Waals surface area contributed by atoms with Gasteiger partial charge in [0.25, 0.3) is 11.8 Å². The average molecular weight is 669 g/mol. The molecule has 3 N–H and O–H groups in total. The highest BCUT2D eigenvalue weighted by Gasteiger charge is 2.18. The van der Waals surface area contributed by atoms with Crippen LogP contribution in [-0.2, 0) is 9.59 Å². The zero-order valence-electron chi connectivity index (χ0n) is 24.8. The molecule has 0 saturated carbocycles. The van der Waals surface area contributed by atoms with E-state index in [1.807, 2.05) is 54.8 Å². The van der Waals surface area contributed by atoms with Crippen LogP contribution >= 0.6 is 34.7 Å². The van der Waals surface area contributed by atoms with Crippen LogP contribution in [0.4, 0.5) is 10.8 Å². The van der Waals surface area contributed by atoms with Crippen molar-refractivity contribution < 1.29 is 19.1 Å². The van der Waals surface area contributed by atoms with E-state index in [1.54, 1.807) is 66.7 Å². The zero-order chi connectivity index (χ0) is 32.5. The van der Waals surface area contributed by atoms with Gasteiger partial charge in [0, 0.05) is 37.7 Å². The SMILES string of the molecule is COc1ccccc1/C=C(\NC(=O)c1ccccc1)C(=O)Nc1ccc(SC(C)C(=O)Nc2nc(-c3ccc(Cl)cc3)cs2)cc1. The highest BCUT2D eigenvalue weighted by atomic mass is 35.5. The minimum absolute atomic E-state index is 0.0449. The van der Waals surface area contributed by atoms with E-state index in [2.05, 4.69) is 20.9 Å². The summed E-state index contributed by atoms with van der Waals surface area (Å²) in [5, 5.41) is 11.1. The molecule has 5 rings (SSSR count). The van der Waals surface area contributed by atoms with Gasteiger partial charge in [-0.3, -0.25) is 14.4 Å². The number of anilines is 2. The van der Waals surface area contributed by atoms with Crippen LogP contribution in [0.1, 0.15) is 22.8 Å². The summed E-state index contributed by atoms with van der Waals surface area (Å²) in [6, 6.07) is 30.3. The Bertz CT molecular complexity index is 1860. The van der Waals surface area contributed by atoms with Gasteiger partial charge in [0.1, 0.15) is 11.4 Å². The van der Waals surface area contributed by atoms with E-state index >= 15 is 0 Å². The van der Waals surface area contributed by atoms with Crippen molar-refractivity contribution in [1.82, 2.24) is 10.3 Å². The van der Waals surface area contributed by atoms with Crippen LogP contribution in [0.3, 0.4) is 0 Å². The predicted octanol–water partition coefficient (Wildman–Crippen LogP) is 8.00. The standard InChI is InChI=1S/C35H29ClN4O4S2/c1-22(32(41)40-35-39-30(21-45-35)23-12-14-26(36)15-13-23)46-28-18-16-27(17-19-28)37-34(43)29(20-25-10-6-7-11-31(25)44-2)38-33(42)24-8-4-3-5-9-24/h3-22H,1-2H3,(H,37,43)(H,38,42)(H,39,40,41)/b29-20-. The third-order valence-corrected chi connectivity index (χ3v) is 8.76. The number of nitrogens with one attached hydrogen (secondary N) is 3. The lowest BCUT2D eigenvalue weighted by Crippen LogP contribution is -2.30. The van der Waals surface area contributed by atoms with Crippen molar-refractivity contribution in [2.45, 2.75) is 17.1 Å². The minimum Gasteiger partial charge on any atom is -0.496 e. The monoisotopic (exact) mass is 668 g/mol. The van der Waals surface area contributed by atoms with E-state index in [4.69, 9.17) is 16.3 Å². The Balaban J connectivity index is 1.22. The Hall–Kier alpha value is -4.90. The van der Waals surface area contributed by atoms with Crippen molar-refractivity contribution in [3.05, 3.63) is 130 Å². The van der Waals surface area contributed by atoms with Crippen molar-refractivity contribution in [1.29, 1.82) is 0 Å². The smallest absolute Gasteiger partial charge is 0.272 e. The fourth-order valence-corrected chi connectivity index (χ4v) is 5.96. The number of thiazole rings is 1. The second kappa shape index (κ2) is 15.4. The molecule has 3 amide bonds. The molecule has 0 aliphatic carbocycles. The average Bonchev–Trinajstić information content (AvgIpc) is 3.54. The molecule has 8 nitrogen and oxygen atoms in total. The predicted molar refractivity (Wildman–Crippen MR) is 186 cm³/mol. The normalized spacial score (nSPS) is 11.8. The number of thioether (sulfide) groups is 1. The molecule has 1 atom stereocenters. The Morgan fingerprint density at radius 3 is 2.30 bits per heavy atom. The van der Waals surface area contributed by atoms with Crippen LogP contribution in [0.5, 0.6) is 5.75 Å². The molecule has 232 valence electrons. The first-order valence-corrected chi connectivity index (χ1v) is 16.2. The molecule has 1 aromatic heterocycles. The third-order valence-electron chi connectivity index (χ3n) is 6.64. The van der Waals surface area contributed by atoms with Gasteiger partial charge in [-0.2, -0.15) is 0 Å². The van der Waals surface area contributed by atoms with E-state index in [0.29, 0.717) is 32.7 Å². The van der Waals surface area contributed by atoms with Crippen LogP contribution < -0.4 is 20.7 Å². The van der Waals surface area contributed by atoms with Crippen molar-refractivity contribution in [2.24, 2.45) is 0 Å². The molecule has 0 fully saturated rings. The molecular formula is C35H29ClN4O4S2. The second-order valence-electron chi connectivity index (χ2n) is 9.89. The quantitative estimate of drug-likeness (QED) is 0.0972. The lowest BCUT2D eigenvalue weighted by Gasteiger charge is -2.13. The number of ether oxygens (including phenoxy) is 1. The van der Waals surface area contributed by atoms with Gasteiger partial charge >= 0.3 is 0 Å². The number of hydrogen-bond acceptors (Lipinski definition) is 7. The highest BCUT2D eigenvalue weighted by molar-refractivity contribution is 8.00. The Labute approximate surface area is 279 Å². The molecule has 5 aromatic rings. The Morgan fingerprint density at radius 2 is 1.59 bits per heavy atom. The maximum Gasteiger partial charge on any atom is 0.272 e. The zero-order valence-corrected chi connectivity index (χ0v) is 27.2. The number of aromatic nitrogens is 1. The molecule has 0 bridgehead atoms. The van der Waals surface area contributed by atoms with Crippen molar-refractivity contribution in [3.63, 3.8) is 0 Å². The van der Waals surface area contributed by atoms with Crippen LogP contribution in [0.2, 0.25) is 5.02 Å². The number of methoxy groups -OCH3 is 1. The topological polar surface area (TPSA) is 109 Å². The molecule has 1 heterocycles. The van der Waals surface area contributed by atoms with Crippen LogP contribution in [-0.4, -0.2) is 35.1 Å². The third kappa shape index (κ3) is 8.63. The number of amides is 3. The minimum atomic E-state index is -0.509. The first-order chi connectivity index (χ1) is 22.3. The fraction of sp³-hybridized carbons (Fsp3) is 0.0857. The van der Waals surface area contributed by atoms with Crippen molar-refractivity contribution in [3.8, 4) is 17.0 Å². The fourth-order valence-electron chi connectivity index (χ4n) is 4.25. The van der Waals surface area contributed by atoms with E-state index < -0.39 is 17.1 Å². The van der Waals surface area contributed by atoms with Gasteiger partial charge in [0.15, 0.2) is 5.13 Å². The summed E-state index contributed by atoms with van der Waals surface area (Å²) in [6.07, 6.45) is 1.57. The largest absolute Gasteiger partial charge is 0.496 e. The lowest BCUT2D eigenvalue weighted by molar-refractivity contribution is -0.115. The maximum atomic E-state index is 13.4. The van der Waals surface area contributed by atoms with Crippen LogP contribution in [0.15, 0.2) is 119 Å². The summed E-state index contributed by atoms with van der Waals surface area (Å²) in [5.74, 6) is -0.558. The lowest BCUT2D eigenvalue weighted by atomic mass is 10.1. The van der Waals surface area contributed by atoms with Gasteiger partial charge in [-0.1, -0.05) is 60.1 Å². The summed E-state index contributed by atoms with van der Waals surface area (Å²) in [5.41, 5.74) is 3.28. The highest BCUT2D eigenvalue weighted by Crippen LogP contribution is 2.29. The van der Waals surface area contributed by atoms with Gasteiger partial charge in [-0.15, -0.1) is 23.1 Å². The molecule has 0 aliphatic heterocycles. The summed E-state index contributed by atoms with van der Waals surface area (Å²) in [4.78, 5) is 44.6. The molecular weight excluding hydrogens is 640 g/mol. The van der Waals surface area contributed by atoms with Gasteiger partial charge < -0.3 is 20.7 Å². The number of hydrogen-bond donors (Lipinski definition) is 3. The number of halogens is 1.